The average molecular weight is 418 g/mol. The molecular weight excluding hydrogens is 398 g/mol. The third kappa shape index (κ3) is 3.98. The van der Waals surface area contributed by atoms with E-state index in [1.54, 1.807) is 30.5 Å². The Bertz CT molecular complexity index is 1310. The molecule has 0 bridgehead atoms. The number of anilines is 1. The van der Waals surface area contributed by atoms with Crippen molar-refractivity contribution in [2.24, 2.45) is 0 Å². The number of rotatable bonds is 4. The van der Waals surface area contributed by atoms with Crippen LogP contribution in [0.4, 0.5) is 5.69 Å². The van der Waals surface area contributed by atoms with E-state index >= 15 is 0 Å². The maximum absolute atomic E-state index is 13.2. The highest BCUT2D eigenvalue weighted by Gasteiger charge is 2.17. The van der Waals surface area contributed by atoms with Crippen molar-refractivity contribution in [2.45, 2.75) is 20.4 Å². The van der Waals surface area contributed by atoms with Crippen LogP contribution >= 0.6 is 11.6 Å². The van der Waals surface area contributed by atoms with E-state index in [1.165, 1.54) is 4.57 Å². The van der Waals surface area contributed by atoms with Gasteiger partial charge in [-0.2, -0.15) is 0 Å². The van der Waals surface area contributed by atoms with Crippen LogP contribution in [0.1, 0.15) is 27.0 Å². The molecule has 0 atom stereocenters. The van der Waals surface area contributed by atoms with Crippen LogP contribution in [0.3, 0.4) is 0 Å². The Morgan fingerprint density at radius 2 is 1.80 bits per heavy atom. The van der Waals surface area contributed by atoms with Crippen molar-refractivity contribution in [1.29, 1.82) is 0 Å². The van der Waals surface area contributed by atoms with E-state index in [0.29, 0.717) is 16.4 Å². The number of nitrogens with one attached hydrogen (secondary N) is 1. The number of aromatic nitrogens is 2. The van der Waals surface area contributed by atoms with E-state index in [0.717, 1.165) is 22.1 Å². The van der Waals surface area contributed by atoms with Gasteiger partial charge >= 0.3 is 0 Å². The van der Waals surface area contributed by atoms with Gasteiger partial charge in [-0.15, -0.1) is 0 Å². The first-order chi connectivity index (χ1) is 14.4. The third-order valence-electron chi connectivity index (χ3n) is 5.11. The van der Waals surface area contributed by atoms with E-state index in [-0.39, 0.29) is 12.1 Å². The molecule has 2 heterocycles. The standard InChI is InChI=1S/C24H20ClN3O2/c1-15-5-10-20(12-16(15)2)27-23(29)21-13-18-4-3-11-26-22(18)28(24(21)30)14-17-6-8-19(25)9-7-17/h3-13H,14H2,1-2H3,(H,27,29). The van der Waals surface area contributed by atoms with Crippen molar-refractivity contribution >= 4 is 34.2 Å². The summed E-state index contributed by atoms with van der Waals surface area (Å²) < 4.78 is 1.52. The molecule has 2 aromatic carbocycles. The quantitative estimate of drug-likeness (QED) is 0.510. The molecule has 0 aliphatic heterocycles. The van der Waals surface area contributed by atoms with Crippen molar-refractivity contribution in [1.82, 2.24) is 9.55 Å². The zero-order valence-corrected chi connectivity index (χ0v) is 17.4. The van der Waals surface area contributed by atoms with Gasteiger partial charge in [-0.25, -0.2) is 4.98 Å². The first-order valence-corrected chi connectivity index (χ1v) is 9.92. The number of pyridine rings is 2. The van der Waals surface area contributed by atoms with Crippen molar-refractivity contribution in [3.63, 3.8) is 0 Å². The number of carbonyl (C=O) groups excluding carboxylic acids is 1. The number of halogens is 1. The van der Waals surface area contributed by atoms with E-state index in [2.05, 4.69) is 10.3 Å². The number of nitrogens with zero attached hydrogens (tertiary/aromatic N) is 2. The molecule has 2 aromatic heterocycles. The van der Waals surface area contributed by atoms with Crippen LogP contribution in [-0.4, -0.2) is 15.5 Å². The summed E-state index contributed by atoms with van der Waals surface area (Å²) in [5, 5.41) is 4.18. The largest absolute Gasteiger partial charge is 0.322 e. The molecule has 0 unspecified atom stereocenters. The zero-order valence-electron chi connectivity index (χ0n) is 16.6. The Balaban J connectivity index is 1.77. The summed E-state index contributed by atoms with van der Waals surface area (Å²) in [6.07, 6.45) is 1.63. The highest BCUT2D eigenvalue weighted by atomic mass is 35.5. The van der Waals surface area contributed by atoms with Gasteiger partial charge in [0.15, 0.2) is 0 Å². The van der Waals surface area contributed by atoms with E-state index in [9.17, 15) is 9.59 Å². The lowest BCUT2D eigenvalue weighted by Crippen LogP contribution is -2.30. The van der Waals surface area contributed by atoms with Crippen molar-refractivity contribution in [2.75, 3.05) is 5.32 Å². The Kier molecular flexibility index (Phi) is 5.38. The lowest BCUT2D eigenvalue weighted by molar-refractivity contribution is 0.102. The Morgan fingerprint density at radius 3 is 2.53 bits per heavy atom. The predicted molar refractivity (Wildman–Crippen MR) is 120 cm³/mol. The molecule has 0 aliphatic rings. The van der Waals surface area contributed by atoms with E-state index < -0.39 is 11.5 Å². The first kappa shape index (κ1) is 19.9. The molecule has 4 rings (SSSR count). The van der Waals surface area contributed by atoms with Gasteiger partial charge < -0.3 is 5.32 Å². The molecule has 6 heteroatoms. The van der Waals surface area contributed by atoms with Gasteiger partial charge in [-0.3, -0.25) is 14.2 Å². The average Bonchev–Trinajstić information content (AvgIpc) is 2.74. The molecule has 30 heavy (non-hydrogen) atoms. The van der Waals surface area contributed by atoms with Crippen molar-refractivity contribution < 1.29 is 4.79 Å². The molecule has 0 saturated heterocycles. The highest BCUT2D eigenvalue weighted by Crippen LogP contribution is 2.17. The molecule has 0 spiro atoms. The van der Waals surface area contributed by atoms with Gasteiger partial charge in [-0.1, -0.05) is 29.8 Å². The summed E-state index contributed by atoms with van der Waals surface area (Å²) in [7, 11) is 0. The Labute approximate surface area is 179 Å². The molecule has 0 saturated carbocycles. The first-order valence-electron chi connectivity index (χ1n) is 9.54. The fourth-order valence-corrected chi connectivity index (χ4v) is 3.43. The Hall–Kier alpha value is -3.44. The monoisotopic (exact) mass is 417 g/mol. The van der Waals surface area contributed by atoms with Crippen LogP contribution in [-0.2, 0) is 6.54 Å². The molecule has 0 fully saturated rings. The topological polar surface area (TPSA) is 64.0 Å². The van der Waals surface area contributed by atoms with Crippen LogP contribution < -0.4 is 10.9 Å². The van der Waals surface area contributed by atoms with Gasteiger partial charge in [-0.05, 0) is 73.0 Å². The summed E-state index contributed by atoms with van der Waals surface area (Å²) in [6, 6.07) is 18.1. The van der Waals surface area contributed by atoms with Crippen LogP contribution in [0.2, 0.25) is 5.02 Å². The maximum Gasteiger partial charge on any atom is 0.265 e. The van der Waals surface area contributed by atoms with E-state index in [4.69, 9.17) is 11.6 Å². The molecular formula is C24H20ClN3O2. The molecule has 0 radical (unpaired) electrons. The molecule has 0 aliphatic carbocycles. The summed E-state index contributed by atoms with van der Waals surface area (Å²) >= 11 is 5.97. The zero-order chi connectivity index (χ0) is 21.3. The van der Waals surface area contributed by atoms with Gasteiger partial charge in [0, 0.05) is 22.3 Å². The summed E-state index contributed by atoms with van der Waals surface area (Å²) in [4.78, 5) is 30.6. The lowest BCUT2D eigenvalue weighted by atomic mass is 10.1. The fourth-order valence-electron chi connectivity index (χ4n) is 3.31. The van der Waals surface area contributed by atoms with Crippen LogP contribution in [0.15, 0.2) is 71.7 Å². The van der Waals surface area contributed by atoms with Crippen molar-refractivity contribution in [3.05, 3.63) is 104 Å². The van der Waals surface area contributed by atoms with Crippen LogP contribution in [0.5, 0.6) is 0 Å². The minimum absolute atomic E-state index is 0.0719. The molecule has 1 N–H and O–H groups in total. The van der Waals surface area contributed by atoms with Gasteiger partial charge in [0.05, 0.1) is 6.54 Å². The molecule has 4 aromatic rings. The molecule has 150 valence electrons. The second-order valence-corrected chi connectivity index (χ2v) is 7.68. The summed E-state index contributed by atoms with van der Waals surface area (Å²) in [6.45, 7) is 4.27. The maximum atomic E-state index is 13.2. The number of benzene rings is 2. The SMILES string of the molecule is Cc1ccc(NC(=O)c2cc3cccnc3n(Cc3ccc(Cl)cc3)c2=O)cc1C. The number of fused-ring (bicyclic) bond motifs is 1. The number of hydrogen-bond donors (Lipinski definition) is 1. The number of carbonyl (C=O) groups is 1. The second-order valence-electron chi connectivity index (χ2n) is 7.25. The number of amides is 1. The van der Waals surface area contributed by atoms with Gasteiger partial charge in [0.2, 0.25) is 0 Å². The van der Waals surface area contributed by atoms with Crippen LogP contribution in [0, 0.1) is 13.8 Å². The lowest BCUT2D eigenvalue weighted by Gasteiger charge is -2.13. The molecule has 5 nitrogen and oxygen atoms in total. The van der Waals surface area contributed by atoms with Crippen molar-refractivity contribution in [3.8, 4) is 0 Å². The van der Waals surface area contributed by atoms with Crippen LogP contribution in [0.25, 0.3) is 11.0 Å². The minimum Gasteiger partial charge on any atom is -0.322 e. The smallest absolute Gasteiger partial charge is 0.265 e. The fraction of sp³-hybridized carbons (Fsp3) is 0.125. The minimum atomic E-state index is -0.445. The van der Waals surface area contributed by atoms with E-state index in [1.807, 2.05) is 50.2 Å². The Morgan fingerprint density at radius 1 is 1.03 bits per heavy atom. The second kappa shape index (κ2) is 8.13. The third-order valence-corrected chi connectivity index (χ3v) is 5.36. The normalized spacial score (nSPS) is 10.9. The van der Waals surface area contributed by atoms with Gasteiger partial charge in [0.25, 0.3) is 11.5 Å². The summed E-state index contributed by atoms with van der Waals surface area (Å²) in [5.74, 6) is -0.445. The molecule has 1 amide bonds. The predicted octanol–water partition coefficient (Wildman–Crippen LogP) is 4.97. The van der Waals surface area contributed by atoms with Gasteiger partial charge in [0.1, 0.15) is 11.2 Å². The summed E-state index contributed by atoms with van der Waals surface area (Å²) in [5.41, 5.74) is 3.95. The number of hydrogen-bond acceptors (Lipinski definition) is 3. The number of aryl methyl sites for hydroxylation is 2. The highest BCUT2D eigenvalue weighted by molar-refractivity contribution is 6.30.